The Morgan fingerprint density at radius 3 is 2.60 bits per heavy atom. The van der Waals surface area contributed by atoms with Gasteiger partial charge in [-0.15, -0.1) is 0 Å². The van der Waals surface area contributed by atoms with E-state index in [1.54, 1.807) is 12.1 Å². The van der Waals surface area contributed by atoms with Gasteiger partial charge in [-0.1, -0.05) is 32.9 Å². The van der Waals surface area contributed by atoms with E-state index >= 15 is 0 Å². The van der Waals surface area contributed by atoms with Gasteiger partial charge in [0.15, 0.2) is 0 Å². The summed E-state index contributed by atoms with van der Waals surface area (Å²) in [5.74, 6) is 0.398. The molecule has 1 rings (SSSR count). The molecule has 0 radical (unpaired) electrons. The van der Waals surface area contributed by atoms with Crippen molar-refractivity contribution in [3.05, 3.63) is 39.9 Å². The summed E-state index contributed by atoms with van der Waals surface area (Å²) in [6.07, 6.45) is 1.53. The lowest BCUT2D eigenvalue weighted by Crippen LogP contribution is -2.37. The van der Waals surface area contributed by atoms with Gasteiger partial charge in [0.25, 0.3) is 5.69 Å². The Kier molecular flexibility index (Phi) is 6.61. The molecule has 0 heterocycles. The number of hydrogen-bond donors (Lipinski definition) is 2. The Bertz CT molecular complexity index is 435. The minimum absolute atomic E-state index is 0.0637. The molecule has 2 unspecified atom stereocenters. The Balaban J connectivity index is 2.89. The molecule has 20 heavy (non-hydrogen) atoms. The van der Waals surface area contributed by atoms with E-state index in [0.29, 0.717) is 12.3 Å². The van der Waals surface area contributed by atoms with Crippen molar-refractivity contribution in [1.82, 2.24) is 5.32 Å². The van der Waals surface area contributed by atoms with Gasteiger partial charge in [-0.3, -0.25) is 10.1 Å². The summed E-state index contributed by atoms with van der Waals surface area (Å²) in [6.45, 7) is 6.40. The van der Waals surface area contributed by atoms with Crippen molar-refractivity contribution in [2.24, 2.45) is 5.92 Å². The van der Waals surface area contributed by atoms with Crippen molar-refractivity contribution in [2.45, 2.75) is 45.7 Å². The van der Waals surface area contributed by atoms with Crippen molar-refractivity contribution in [1.29, 1.82) is 0 Å². The minimum Gasteiger partial charge on any atom is -0.396 e. The second kappa shape index (κ2) is 7.97. The molecule has 5 nitrogen and oxygen atoms in total. The lowest BCUT2D eigenvalue weighted by molar-refractivity contribution is -0.384. The van der Waals surface area contributed by atoms with E-state index in [1.165, 1.54) is 6.07 Å². The normalized spacial score (nSPS) is 14.2. The van der Waals surface area contributed by atoms with Crippen molar-refractivity contribution in [2.75, 3.05) is 6.61 Å². The zero-order valence-corrected chi connectivity index (χ0v) is 12.4. The molecule has 1 aromatic carbocycles. The van der Waals surface area contributed by atoms with E-state index in [0.717, 1.165) is 12.0 Å². The number of aliphatic hydroxyl groups excluding tert-OH is 1. The third-order valence-electron chi connectivity index (χ3n) is 3.55. The van der Waals surface area contributed by atoms with E-state index in [4.69, 9.17) is 5.11 Å². The molecule has 0 aliphatic carbocycles. The van der Waals surface area contributed by atoms with E-state index in [-0.39, 0.29) is 29.3 Å². The number of rotatable bonds is 8. The smallest absolute Gasteiger partial charge is 0.269 e. The SMILES string of the molecule is CCC(NC(CCO)C(C)C)c1cccc([N+](=O)[O-])c1. The van der Waals surface area contributed by atoms with Crippen molar-refractivity contribution in [3.63, 3.8) is 0 Å². The fraction of sp³-hybridized carbons (Fsp3) is 0.600. The highest BCUT2D eigenvalue weighted by Gasteiger charge is 2.19. The average molecular weight is 280 g/mol. The van der Waals surface area contributed by atoms with Crippen molar-refractivity contribution < 1.29 is 10.0 Å². The molecule has 0 aliphatic heterocycles. The fourth-order valence-corrected chi connectivity index (χ4v) is 2.31. The van der Waals surface area contributed by atoms with Gasteiger partial charge in [0.2, 0.25) is 0 Å². The van der Waals surface area contributed by atoms with Gasteiger partial charge in [-0.05, 0) is 24.3 Å². The molecule has 0 saturated carbocycles. The summed E-state index contributed by atoms with van der Waals surface area (Å²) < 4.78 is 0. The lowest BCUT2D eigenvalue weighted by Gasteiger charge is -2.27. The maximum absolute atomic E-state index is 10.8. The van der Waals surface area contributed by atoms with Crippen LogP contribution in [0.1, 0.15) is 45.2 Å². The molecule has 2 atom stereocenters. The summed E-state index contributed by atoms with van der Waals surface area (Å²) in [4.78, 5) is 10.5. The second-order valence-corrected chi connectivity index (χ2v) is 5.34. The minimum atomic E-state index is -0.371. The van der Waals surface area contributed by atoms with Gasteiger partial charge in [-0.25, -0.2) is 0 Å². The molecule has 0 aromatic heterocycles. The zero-order valence-electron chi connectivity index (χ0n) is 12.4. The number of hydrogen-bond acceptors (Lipinski definition) is 4. The molecule has 2 N–H and O–H groups in total. The summed E-state index contributed by atoms with van der Waals surface area (Å²) in [6, 6.07) is 7.01. The predicted molar refractivity (Wildman–Crippen MR) is 79.6 cm³/mol. The summed E-state index contributed by atoms with van der Waals surface area (Å²) in [5.41, 5.74) is 1.04. The van der Waals surface area contributed by atoms with Gasteiger partial charge < -0.3 is 10.4 Å². The highest BCUT2D eigenvalue weighted by molar-refractivity contribution is 5.35. The number of nitro benzene ring substituents is 1. The molecule has 0 fully saturated rings. The van der Waals surface area contributed by atoms with Crippen LogP contribution >= 0.6 is 0 Å². The molecule has 0 aliphatic rings. The number of aliphatic hydroxyl groups is 1. The fourth-order valence-electron chi connectivity index (χ4n) is 2.31. The molecular weight excluding hydrogens is 256 g/mol. The number of nitro groups is 1. The van der Waals surface area contributed by atoms with Crippen LogP contribution < -0.4 is 5.32 Å². The summed E-state index contributed by atoms with van der Waals surface area (Å²) >= 11 is 0. The van der Waals surface area contributed by atoms with Gasteiger partial charge in [0.1, 0.15) is 0 Å². The maximum atomic E-state index is 10.8. The first kappa shape index (κ1) is 16.6. The van der Waals surface area contributed by atoms with Gasteiger partial charge >= 0.3 is 0 Å². The highest BCUT2D eigenvalue weighted by Crippen LogP contribution is 2.23. The van der Waals surface area contributed by atoms with E-state index in [9.17, 15) is 10.1 Å². The van der Waals surface area contributed by atoms with Gasteiger partial charge in [-0.2, -0.15) is 0 Å². The molecular formula is C15H24N2O3. The molecule has 1 aromatic rings. The Labute approximate surface area is 120 Å². The molecule has 0 bridgehead atoms. The molecule has 0 spiro atoms. The van der Waals surface area contributed by atoms with Crippen LogP contribution in [0.4, 0.5) is 5.69 Å². The number of benzene rings is 1. The van der Waals surface area contributed by atoms with Crippen LogP contribution in [0.5, 0.6) is 0 Å². The Hall–Kier alpha value is -1.46. The van der Waals surface area contributed by atoms with Crippen LogP contribution in [-0.4, -0.2) is 22.7 Å². The van der Waals surface area contributed by atoms with Crippen LogP contribution in [0, 0.1) is 16.0 Å². The molecule has 112 valence electrons. The summed E-state index contributed by atoms with van der Waals surface area (Å²) in [7, 11) is 0. The standard InChI is InChI=1S/C15H24N2O3/c1-4-14(16-15(8-9-18)11(2)3)12-6-5-7-13(10-12)17(19)20/h5-7,10-11,14-16,18H,4,8-9H2,1-3H3. The third kappa shape index (κ3) is 4.58. The Morgan fingerprint density at radius 1 is 1.40 bits per heavy atom. The van der Waals surface area contributed by atoms with Crippen LogP contribution in [0.25, 0.3) is 0 Å². The molecule has 5 heteroatoms. The summed E-state index contributed by atoms with van der Waals surface area (Å²) in [5, 5.41) is 23.5. The zero-order chi connectivity index (χ0) is 15.1. The largest absolute Gasteiger partial charge is 0.396 e. The van der Waals surface area contributed by atoms with E-state index < -0.39 is 0 Å². The number of non-ortho nitro benzene ring substituents is 1. The quantitative estimate of drug-likeness (QED) is 0.567. The van der Waals surface area contributed by atoms with Gasteiger partial charge in [0, 0.05) is 30.8 Å². The Morgan fingerprint density at radius 2 is 2.10 bits per heavy atom. The van der Waals surface area contributed by atoms with Crippen molar-refractivity contribution >= 4 is 5.69 Å². The second-order valence-electron chi connectivity index (χ2n) is 5.34. The van der Waals surface area contributed by atoms with E-state index in [2.05, 4.69) is 19.2 Å². The first-order valence-electron chi connectivity index (χ1n) is 7.10. The van der Waals surface area contributed by atoms with E-state index in [1.807, 2.05) is 13.0 Å². The van der Waals surface area contributed by atoms with Crippen LogP contribution in [0.15, 0.2) is 24.3 Å². The average Bonchev–Trinajstić information content (AvgIpc) is 2.43. The monoisotopic (exact) mass is 280 g/mol. The topological polar surface area (TPSA) is 75.4 Å². The maximum Gasteiger partial charge on any atom is 0.269 e. The van der Waals surface area contributed by atoms with Crippen LogP contribution in [0.3, 0.4) is 0 Å². The van der Waals surface area contributed by atoms with Gasteiger partial charge in [0.05, 0.1) is 4.92 Å². The first-order chi connectivity index (χ1) is 9.49. The lowest BCUT2D eigenvalue weighted by atomic mass is 9.97. The number of nitrogens with one attached hydrogen (secondary N) is 1. The first-order valence-corrected chi connectivity index (χ1v) is 7.10. The number of nitrogens with zero attached hydrogens (tertiary/aromatic N) is 1. The van der Waals surface area contributed by atoms with Crippen LogP contribution in [-0.2, 0) is 0 Å². The molecule has 0 saturated heterocycles. The molecule has 0 amide bonds. The predicted octanol–water partition coefficient (Wildman–Crippen LogP) is 3.04. The van der Waals surface area contributed by atoms with Crippen molar-refractivity contribution in [3.8, 4) is 0 Å². The van der Waals surface area contributed by atoms with Crippen LogP contribution in [0.2, 0.25) is 0 Å². The highest BCUT2D eigenvalue weighted by atomic mass is 16.6. The third-order valence-corrected chi connectivity index (χ3v) is 3.55.